The number of hydrogen-bond donors (Lipinski definition) is 1. The van der Waals surface area contributed by atoms with Gasteiger partial charge in [-0.15, -0.1) is 11.3 Å². The molecule has 0 bridgehead atoms. The molecule has 1 rings (SSSR count). The molecular formula is C13H25N3S. The van der Waals surface area contributed by atoms with E-state index in [1.165, 1.54) is 4.88 Å². The van der Waals surface area contributed by atoms with E-state index in [1.54, 1.807) is 11.3 Å². The number of thiazole rings is 1. The van der Waals surface area contributed by atoms with Crippen molar-refractivity contribution in [2.45, 2.75) is 59.7 Å². The predicted octanol–water partition coefficient (Wildman–Crippen LogP) is 3.18. The van der Waals surface area contributed by atoms with Crippen molar-refractivity contribution in [1.82, 2.24) is 10.3 Å². The van der Waals surface area contributed by atoms with Crippen molar-refractivity contribution in [1.29, 1.82) is 0 Å². The van der Waals surface area contributed by atoms with Crippen molar-refractivity contribution in [2.75, 3.05) is 11.9 Å². The second-order valence-electron chi connectivity index (χ2n) is 5.81. The predicted molar refractivity (Wildman–Crippen MR) is 77.0 cm³/mol. The highest BCUT2D eigenvalue weighted by molar-refractivity contribution is 7.15. The van der Waals surface area contributed by atoms with Gasteiger partial charge in [-0.2, -0.15) is 0 Å². The Hall–Kier alpha value is -0.610. The normalized spacial score (nSPS) is 12.2. The Morgan fingerprint density at radius 2 is 1.94 bits per heavy atom. The first-order valence-corrected chi connectivity index (χ1v) is 6.96. The molecule has 0 fully saturated rings. The maximum Gasteiger partial charge on any atom is 0.185 e. The van der Waals surface area contributed by atoms with Crippen LogP contribution in [0.15, 0.2) is 0 Å². The largest absolute Gasteiger partial charge is 0.349 e. The number of aromatic nitrogens is 1. The van der Waals surface area contributed by atoms with Crippen LogP contribution in [0.3, 0.4) is 0 Å². The molecule has 0 aliphatic carbocycles. The van der Waals surface area contributed by atoms with Crippen molar-refractivity contribution in [3.63, 3.8) is 0 Å². The van der Waals surface area contributed by atoms with E-state index < -0.39 is 0 Å². The van der Waals surface area contributed by atoms with Crippen LogP contribution in [-0.2, 0) is 6.54 Å². The highest BCUT2D eigenvalue weighted by atomic mass is 32.1. The van der Waals surface area contributed by atoms with Crippen LogP contribution < -0.4 is 10.2 Å². The van der Waals surface area contributed by atoms with Gasteiger partial charge >= 0.3 is 0 Å². The highest BCUT2D eigenvalue weighted by Gasteiger charge is 2.15. The second-order valence-corrected chi connectivity index (χ2v) is 6.88. The van der Waals surface area contributed by atoms with Gasteiger partial charge in [0.1, 0.15) is 0 Å². The summed E-state index contributed by atoms with van der Waals surface area (Å²) < 4.78 is 0. The monoisotopic (exact) mass is 255 g/mol. The lowest BCUT2D eigenvalue weighted by molar-refractivity contribution is 0.425. The van der Waals surface area contributed by atoms with Gasteiger partial charge in [0.25, 0.3) is 0 Å². The minimum absolute atomic E-state index is 0.153. The molecule has 0 aliphatic heterocycles. The SMILES string of the molecule is Cc1nc(N(C)C(C)C)sc1CNC(C)(C)C. The molecular weight excluding hydrogens is 230 g/mol. The molecule has 0 saturated heterocycles. The lowest BCUT2D eigenvalue weighted by Crippen LogP contribution is -2.34. The highest BCUT2D eigenvalue weighted by Crippen LogP contribution is 2.26. The topological polar surface area (TPSA) is 28.2 Å². The average Bonchev–Trinajstić information content (AvgIpc) is 2.54. The Morgan fingerprint density at radius 1 is 1.35 bits per heavy atom. The fourth-order valence-electron chi connectivity index (χ4n) is 1.29. The summed E-state index contributed by atoms with van der Waals surface area (Å²) in [5.74, 6) is 0. The molecule has 98 valence electrons. The van der Waals surface area contributed by atoms with Crippen molar-refractivity contribution in [3.05, 3.63) is 10.6 Å². The number of hydrogen-bond acceptors (Lipinski definition) is 4. The second kappa shape index (κ2) is 5.36. The minimum Gasteiger partial charge on any atom is -0.349 e. The van der Waals surface area contributed by atoms with E-state index in [2.05, 4.69) is 63.8 Å². The maximum absolute atomic E-state index is 4.64. The molecule has 0 aromatic carbocycles. The van der Waals surface area contributed by atoms with E-state index in [1.807, 2.05) is 0 Å². The van der Waals surface area contributed by atoms with E-state index in [0.717, 1.165) is 17.4 Å². The zero-order valence-corrected chi connectivity index (χ0v) is 12.9. The summed E-state index contributed by atoms with van der Waals surface area (Å²) in [5, 5.41) is 4.63. The van der Waals surface area contributed by atoms with Crippen LogP contribution in [0.1, 0.15) is 45.2 Å². The summed E-state index contributed by atoms with van der Waals surface area (Å²) in [6.07, 6.45) is 0. The first-order valence-electron chi connectivity index (χ1n) is 6.15. The van der Waals surface area contributed by atoms with Crippen LogP contribution >= 0.6 is 11.3 Å². The van der Waals surface area contributed by atoms with E-state index in [-0.39, 0.29) is 5.54 Å². The van der Waals surface area contributed by atoms with Crippen LogP contribution in [0.4, 0.5) is 5.13 Å². The van der Waals surface area contributed by atoms with Crippen molar-refractivity contribution in [3.8, 4) is 0 Å². The summed E-state index contributed by atoms with van der Waals surface area (Å²) in [7, 11) is 2.10. The van der Waals surface area contributed by atoms with Gasteiger partial charge in [0.2, 0.25) is 0 Å². The van der Waals surface area contributed by atoms with Crippen LogP contribution in [0, 0.1) is 6.92 Å². The molecule has 1 heterocycles. The zero-order valence-electron chi connectivity index (χ0n) is 12.1. The van der Waals surface area contributed by atoms with Crippen LogP contribution in [0.2, 0.25) is 0 Å². The van der Waals surface area contributed by atoms with E-state index in [4.69, 9.17) is 0 Å². The Labute approximate surface area is 109 Å². The fraction of sp³-hybridized carbons (Fsp3) is 0.769. The molecule has 0 saturated carbocycles. The Morgan fingerprint density at radius 3 is 2.41 bits per heavy atom. The molecule has 1 aromatic rings. The average molecular weight is 255 g/mol. The van der Waals surface area contributed by atoms with Gasteiger partial charge in [-0.05, 0) is 41.5 Å². The summed E-state index contributed by atoms with van der Waals surface area (Å²) >= 11 is 1.79. The van der Waals surface area contributed by atoms with Gasteiger partial charge in [0.15, 0.2) is 5.13 Å². The molecule has 3 nitrogen and oxygen atoms in total. The smallest absolute Gasteiger partial charge is 0.185 e. The van der Waals surface area contributed by atoms with Crippen LogP contribution in [0.5, 0.6) is 0 Å². The third kappa shape index (κ3) is 4.28. The molecule has 0 atom stereocenters. The van der Waals surface area contributed by atoms with Gasteiger partial charge in [0, 0.05) is 30.1 Å². The summed E-state index contributed by atoms with van der Waals surface area (Å²) in [6.45, 7) is 13.9. The van der Waals surface area contributed by atoms with E-state index in [9.17, 15) is 0 Å². The van der Waals surface area contributed by atoms with Gasteiger partial charge in [-0.3, -0.25) is 0 Å². The number of nitrogens with one attached hydrogen (secondary N) is 1. The first kappa shape index (κ1) is 14.5. The quantitative estimate of drug-likeness (QED) is 0.895. The van der Waals surface area contributed by atoms with Crippen molar-refractivity contribution >= 4 is 16.5 Å². The molecule has 0 amide bonds. The van der Waals surface area contributed by atoms with Gasteiger partial charge in [-0.25, -0.2) is 4.98 Å². The third-order valence-corrected chi connectivity index (χ3v) is 3.98. The molecule has 17 heavy (non-hydrogen) atoms. The molecule has 1 aromatic heterocycles. The molecule has 1 N–H and O–H groups in total. The number of anilines is 1. The lowest BCUT2D eigenvalue weighted by atomic mass is 10.1. The van der Waals surface area contributed by atoms with Crippen molar-refractivity contribution in [2.24, 2.45) is 0 Å². The molecule has 4 heteroatoms. The third-order valence-electron chi connectivity index (χ3n) is 2.74. The Kier molecular flexibility index (Phi) is 4.55. The van der Waals surface area contributed by atoms with E-state index in [0.29, 0.717) is 6.04 Å². The fourth-order valence-corrected chi connectivity index (χ4v) is 2.39. The Bertz CT molecular complexity index is 363. The zero-order chi connectivity index (χ0) is 13.2. The van der Waals surface area contributed by atoms with Gasteiger partial charge < -0.3 is 10.2 Å². The molecule has 0 unspecified atom stereocenters. The lowest BCUT2D eigenvalue weighted by Gasteiger charge is -2.20. The summed E-state index contributed by atoms with van der Waals surface area (Å²) in [6, 6.07) is 0.490. The molecule has 0 spiro atoms. The first-order chi connectivity index (χ1) is 7.70. The summed E-state index contributed by atoms with van der Waals surface area (Å²) in [5.41, 5.74) is 1.30. The number of aryl methyl sites for hydroxylation is 1. The maximum atomic E-state index is 4.64. The standard InChI is InChI=1S/C13H25N3S/c1-9(2)16(7)12-15-10(3)11(17-12)8-14-13(4,5)6/h9,14H,8H2,1-7H3. The molecule has 0 radical (unpaired) electrons. The minimum atomic E-state index is 0.153. The van der Waals surface area contributed by atoms with E-state index >= 15 is 0 Å². The van der Waals surface area contributed by atoms with Crippen LogP contribution in [0.25, 0.3) is 0 Å². The van der Waals surface area contributed by atoms with Gasteiger partial charge in [-0.1, -0.05) is 0 Å². The van der Waals surface area contributed by atoms with Crippen LogP contribution in [-0.4, -0.2) is 23.6 Å². The Balaban J connectivity index is 2.75. The molecule has 0 aliphatic rings. The summed E-state index contributed by atoms with van der Waals surface area (Å²) in [4.78, 5) is 8.19. The van der Waals surface area contributed by atoms with Gasteiger partial charge in [0.05, 0.1) is 5.69 Å². The number of rotatable bonds is 4. The van der Waals surface area contributed by atoms with Crippen molar-refractivity contribution < 1.29 is 0 Å². The number of nitrogens with zero attached hydrogens (tertiary/aromatic N) is 2.